The highest BCUT2D eigenvalue weighted by Crippen LogP contribution is 2.23. The molecule has 0 heterocycles. The van der Waals surface area contributed by atoms with Gasteiger partial charge in [0.05, 0.1) is 0 Å². The fourth-order valence-electron chi connectivity index (χ4n) is 2.35. The Kier molecular flexibility index (Phi) is 4.67. The Hall–Kier alpha value is -1.96. The van der Waals surface area contributed by atoms with Crippen LogP contribution < -0.4 is 10.6 Å². The fraction of sp³-hybridized carbons (Fsp3) is 0.333. The van der Waals surface area contributed by atoms with Gasteiger partial charge >= 0.3 is 0 Å². The van der Waals surface area contributed by atoms with Gasteiger partial charge in [0.25, 0.3) is 0 Å². The second-order valence-electron chi connectivity index (χ2n) is 5.50. The van der Waals surface area contributed by atoms with Gasteiger partial charge < -0.3 is 10.6 Å². The van der Waals surface area contributed by atoms with Crippen LogP contribution in [-0.4, -0.2) is 7.05 Å². The molecule has 0 radical (unpaired) electrons. The van der Waals surface area contributed by atoms with Crippen LogP contribution in [-0.2, 0) is 6.54 Å². The fourth-order valence-corrected chi connectivity index (χ4v) is 2.35. The van der Waals surface area contributed by atoms with Gasteiger partial charge in [0.15, 0.2) is 0 Å². The molecule has 0 fully saturated rings. The normalized spacial score (nSPS) is 12.2. The van der Waals surface area contributed by atoms with Gasteiger partial charge in [-0.15, -0.1) is 0 Å². The molecule has 0 aliphatic carbocycles. The summed E-state index contributed by atoms with van der Waals surface area (Å²) in [4.78, 5) is 2.25. The maximum atomic E-state index is 5.82. The zero-order valence-corrected chi connectivity index (χ0v) is 12.6. The summed E-state index contributed by atoms with van der Waals surface area (Å²) in [6, 6.07) is 16.9. The average Bonchev–Trinajstić information content (AvgIpc) is 2.46. The molecule has 0 spiro atoms. The summed E-state index contributed by atoms with van der Waals surface area (Å²) in [5, 5.41) is 0. The minimum absolute atomic E-state index is 0.628. The van der Waals surface area contributed by atoms with Crippen molar-refractivity contribution < 1.29 is 0 Å². The third kappa shape index (κ3) is 3.53. The van der Waals surface area contributed by atoms with E-state index in [0.29, 0.717) is 5.92 Å². The van der Waals surface area contributed by atoms with Crippen molar-refractivity contribution in [1.29, 1.82) is 0 Å². The lowest BCUT2D eigenvalue weighted by Crippen LogP contribution is -2.16. The van der Waals surface area contributed by atoms with Gasteiger partial charge in [-0.05, 0) is 47.7 Å². The number of hydrogen-bond donors (Lipinski definition) is 1. The van der Waals surface area contributed by atoms with Crippen LogP contribution in [0.5, 0.6) is 0 Å². The number of benzene rings is 2. The van der Waals surface area contributed by atoms with Crippen LogP contribution in [0.25, 0.3) is 0 Å². The van der Waals surface area contributed by atoms with E-state index in [2.05, 4.69) is 56.1 Å². The Balaban J connectivity index is 2.07. The Morgan fingerprint density at radius 1 is 1.10 bits per heavy atom. The smallest absolute Gasteiger partial charge is 0.0426 e. The molecule has 2 N–H and O–H groups in total. The van der Waals surface area contributed by atoms with Crippen molar-refractivity contribution in [2.45, 2.75) is 32.7 Å². The van der Waals surface area contributed by atoms with Crippen LogP contribution in [0, 0.1) is 0 Å². The molecule has 2 heteroatoms. The van der Waals surface area contributed by atoms with E-state index < -0.39 is 0 Å². The third-order valence-corrected chi connectivity index (χ3v) is 3.89. The zero-order chi connectivity index (χ0) is 14.5. The summed E-state index contributed by atoms with van der Waals surface area (Å²) in [5.74, 6) is 0.628. The van der Waals surface area contributed by atoms with Crippen LogP contribution in [0.2, 0.25) is 0 Å². The van der Waals surface area contributed by atoms with Crippen molar-refractivity contribution >= 4 is 11.4 Å². The van der Waals surface area contributed by atoms with E-state index in [1.807, 2.05) is 18.2 Å². The van der Waals surface area contributed by atoms with Crippen LogP contribution in [0.1, 0.15) is 37.3 Å². The number of nitrogens with zero attached hydrogens (tertiary/aromatic N) is 1. The van der Waals surface area contributed by atoms with Gasteiger partial charge in [0.1, 0.15) is 0 Å². The Labute approximate surface area is 122 Å². The molecular formula is C18H24N2. The van der Waals surface area contributed by atoms with Crippen molar-refractivity contribution in [3.05, 3.63) is 59.7 Å². The van der Waals surface area contributed by atoms with Gasteiger partial charge in [-0.2, -0.15) is 0 Å². The molecule has 0 aliphatic heterocycles. The number of nitrogen functional groups attached to an aromatic ring is 1. The summed E-state index contributed by atoms with van der Waals surface area (Å²) < 4.78 is 0. The summed E-state index contributed by atoms with van der Waals surface area (Å²) in [5.41, 5.74) is 10.5. The highest BCUT2D eigenvalue weighted by atomic mass is 15.1. The molecule has 0 saturated heterocycles. The third-order valence-electron chi connectivity index (χ3n) is 3.89. The first-order valence-electron chi connectivity index (χ1n) is 7.25. The van der Waals surface area contributed by atoms with E-state index in [0.717, 1.165) is 12.2 Å². The number of anilines is 2. The summed E-state index contributed by atoms with van der Waals surface area (Å²) >= 11 is 0. The predicted octanol–water partition coefficient (Wildman–Crippen LogP) is 4.42. The van der Waals surface area contributed by atoms with Crippen LogP contribution in [0.3, 0.4) is 0 Å². The van der Waals surface area contributed by atoms with Crippen molar-refractivity contribution in [2.24, 2.45) is 0 Å². The highest BCUT2D eigenvalue weighted by molar-refractivity contribution is 5.49. The van der Waals surface area contributed by atoms with E-state index in [-0.39, 0.29) is 0 Å². The summed E-state index contributed by atoms with van der Waals surface area (Å²) in [7, 11) is 2.11. The molecule has 2 nitrogen and oxygen atoms in total. The molecule has 2 aromatic carbocycles. The topological polar surface area (TPSA) is 29.3 Å². The van der Waals surface area contributed by atoms with Crippen molar-refractivity contribution in [3.63, 3.8) is 0 Å². The largest absolute Gasteiger partial charge is 0.399 e. The van der Waals surface area contributed by atoms with Gasteiger partial charge in [-0.1, -0.05) is 38.1 Å². The monoisotopic (exact) mass is 268 g/mol. The molecule has 0 bridgehead atoms. The van der Waals surface area contributed by atoms with Gasteiger partial charge in [0.2, 0.25) is 0 Å². The first-order valence-corrected chi connectivity index (χ1v) is 7.25. The van der Waals surface area contributed by atoms with E-state index in [9.17, 15) is 0 Å². The van der Waals surface area contributed by atoms with Crippen LogP contribution >= 0.6 is 0 Å². The first kappa shape index (κ1) is 14.4. The highest BCUT2D eigenvalue weighted by Gasteiger charge is 2.05. The molecule has 0 amide bonds. The molecule has 0 saturated carbocycles. The summed E-state index contributed by atoms with van der Waals surface area (Å²) in [6.07, 6.45) is 1.18. The molecule has 2 aromatic rings. The average molecular weight is 268 g/mol. The molecule has 1 atom stereocenters. The van der Waals surface area contributed by atoms with E-state index in [1.54, 1.807) is 0 Å². The Morgan fingerprint density at radius 2 is 1.80 bits per heavy atom. The number of hydrogen-bond acceptors (Lipinski definition) is 2. The molecule has 0 aromatic heterocycles. The lowest BCUT2D eigenvalue weighted by Gasteiger charge is -2.20. The maximum absolute atomic E-state index is 5.82. The molecule has 0 aliphatic rings. The van der Waals surface area contributed by atoms with Crippen LogP contribution in [0.15, 0.2) is 48.5 Å². The van der Waals surface area contributed by atoms with Crippen molar-refractivity contribution in [2.75, 3.05) is 17.7 Å². The number of rotatable bonds is 5. The predicted molar refractivity (Wildman–Crippen MR) is 88.1 cm³/mol. The minimum atomic E-state index is 0.628. The van der Waals surface area contributed by atoms with Crippen molar-refractivity contribution in [3.8, 4) is 0 Å². The van der Waals surface area contributed by atoms with Gasteiger partial charge in [-0.3, -0.25) is 0 Å². The molecule has 20 heavy (non-hydrogen) atoms. The molecule has 2 rings (SSSR count). The van der Waals surface area contributed by atoms with E-state index >= 15 is 0 Å². The second kappa shape index (κ2) is 6.47. The van der Waals surface area contributed by atoms with Crippen molar-refractivity contribution in [1.82, 2.24) is 0 Å². The molecule has 106 valence electrons. The SMILES string of the molecule is CCC(C)c1ccc(N(C)Cc2cccc(N)c2)cc1. The van der Waals surface area contributed by atoms with Gasteiger partial charge in [0, 0.05) is 25.0 Å². The van der Waals surface area contributed by atoms with Gasteiger partial charge in [-0.25, -0.2) is 0 Å². The lowest BCUT2D eigenvalue weighted by molar-refractivity contribution is 0.733. The second-order valence-corrected chi connectivity index (χ2v) is 5.50. The standard InChI is InChI=1S/C18H24N2/c1-4-14(2)16-8-10-18(11-9-16)20(3)13-15-6-5-7-17(19)12-15/h5-12,14H,4,13,19H2,1-3H3. The van der Waals surface area contributed by atoms with Crippen LogP contribution in [0.4, 0.5) is 11.4 Å². The zero-order valence-electron chi connectivity index (χ0n) is 12.6. The quantitative estimate of drug-likeness (QED) is 0.813. The maximum Gasteiger partial charge on any atom is 0.0426 e. The minimum Gasteiger partial charge on any atom is -0.399 e. The Bertz CT molecular complexity index is 546. The van der Waals surface area contributed by atoms with E-state index in [1.165, 1.54) is 23.2 Å². The first-order chi connectivity index (χ1) is 9.60. The Morgan fingerprint density at radius 3 is 2.40 bits per heavy atom. The lowest BCUT2D eigenvalue weighted by atomic mass is 9.98. The number of nitrogens with two attached hydrogens (primary N) is 1. The molecular weight excluding hydrogens is 244 g/mol. The summed E-state index contributed by atoms with van der Waals surface area (Å²) in [6.45, 7) is 5.36. The van der Waals surface area contributed by atoms with E-state index in [4.69, 9.17) is 5.73 Å². The molecule has 1 unspecified atom stereocenters.